The van der Waals surface area contributed by atoms with Crippen molar-refractivity contribution in [2.45, 2.75) is 77.9 Å². The lowest BCUT2D eigenvalue weighted by Gasteiger charge is -2.00. The fourth-order valence-corrected chi connectivity index (χ4v) is 2.31. The maximum Gasteiger partial charge on any atom is 0.106 e. The quantitative estimate of drug-likeness (QED) is 0.540. The first-order chi connectivity index (χ1) is 9.31. The number of nitrogens with zero attached hydrogens (tertiary/aromatic N) is 1. The topological polar surface area (TPSA) is 69.1 Å². The molecule has 0 atom stereocenters. The normalized spacial score (nSPS) is 11.1. The highest BCUT2D eigenvalue weighted by Gasteiger charge is 2.07. The van der Waals surface area contributed by atoms with Crippen molar-refractivity contribution in [1.29, 1.82) is 0 Å². The fourth-order valence-electron chi connectivity index (χ4n) is 2.31. The van der Waals surface area contributed by atoms with Gasteiger partial charge in [0.05, 0.1) is 24.6 Å². The van der Waals surface area contributed by atoms with Gasteiger partial charge in [-0.25, -0.2) is 4.98 Å². The second-order valence-electron chi connectivity index (χ2n) is 5.15. The van der Waals surface area contributed by atoms with Gasteiger partial charge in [0.25, 0.3) is 0 Å². The predicted molar refractivity (Wildman–Crippen MR) is 76.7 cm³/mol. The molecule has 0 bridgehead atoms. The first-order valence-corrected chi connectivity index (χ1v) is 7.60. The molecule has 0 aliphatic carbocycles. The maximum absolute atomic E-state index is 9.09. The number of aliphatic hydroxyl groups excluding tert-OH is 2. The molecule has 0 spiro atoms. The molecular weight excluding hydrogens is 240 g/mol. The number of hydrogen-bond donors (Lipinski definition) is 3. The zero-order chi connectivity index (χ0) is 13.9. The average Bonchev–Trinajstić information content (AvgIpc) is 2.84. The van der Waals surface area contributed by atoms with Gasteiger partial charge in [-0.1, -0.05) is 51.9 Å². The van der Waals surface area contributed by atoms with Crippen LogP contribution in [0.2, 0.25) is 0 Å². The molecule has 0 aliphatic rings. The minimum Gasteiger partial charge on any atom is -0.390 e. The third-order valence-electron chi connectivity index (χ3n) is 3.49. The number of aromatic amines is 1. The lowest BCUT2D eigenvalue weighted by Crippen LogP contribution is -1.91. The van der Waals surface area contributed by atoms with Crippen LogP contribution in [0.3, 0.4) is 0 Å². The molecule has 1 aromatic heterocycles. The van der Waals surface area contributed by atoms with Crippen LogP contribution in [0.25, 0.3) is 0 Å². The summed E-state index contributed by atoms with van der Waals surface area (Å²) in [5, 5.41) is 18.2. The highest BCUT2D eigenvalue weighted by atomic mass is 16.3. The summed E-state index contributed by atoms with van der Waals surface area (Å²) in [6.45, 7) is 2.05. The van der Waals surface area contributed by atoms with Crippen LogP contribution < -0.4 is 0 Å². The van der Waals surface area contributed by atoms with Gasteiger partial charge in [0.15, 0.2) is 0 Å². The molecule has 4 nitrogen and oxygen atoms in total. The standard InChI is InChI=1S/C15H28N2O2/c1-2-3-4-5-6-7-8-9-10-15-16-13(11-18)14(12-19)17-15/h18-19H,2-12H2,1H3,(H,16,17). The summed E-state index contributed by atoms with van der Waals surface area (Å²) in [4.78, 5) is 7.37. The Hall–Kier alpha value is -0.870. The van der Waals surface area contributed by atoms with Gasteiger partial charge >= 0.3 is 0 Å². The van der Waals surface area contributed by atoms with Crippen LogP contribution in [-0.2, 0) is 19.6 Å². The number of rotatable bonds is 11. The second kappa shape index (κ2) is 9.98. The Kier molecular flexibility index (Phi) is 8.50. The Balaban J connectivity index is 2.10. The molecule has 1 aromatic rings. The lowest BCUT2D eigenvalue weighted by atomic mass is 10.1. The van der Waals surface area contributed by atoms with Crippen LogP contribution in [0.5, 0.6) is 0 Å². The average molecular weight is 268 g/mol. The molecular formula is C15H28N2O2. The number of aryl methyl sites for hydroxylation is 1. The molecule has 3 N–H and O–H groups in total. The third kappa shape index (κ3) is 6.21. The number of aliphatic hydroxyl groups is 2. The number of nitrogens with one attached hydrogen (secondary N) is 1. The van der Waals surface area contributed by atoms with Gasteiger partial charge in [-0.15, -0.1) is 0 Å². The maximum atomic E-state index is 9.09. The largest absolute Gasteiger partial charge is 0.390 e. The van der Waals surface area contributed by atoms with Crippen LogP contribution in [-0.4, -0.2) is 20.2 Å². The van der Waals surface area contributed by atoms with E-state index in [-0.39, 0.29) is 13.2 Å². The Morgan fingerprint density at radius 1 is 0.895 bits per heavy atom. The molecule has 110 valence electrons. The van der Waals surface area contributed by atoms with Crippen LogP contribution in [0, 0.1) is 0 Å². The SMILES string of the molecule is CCCCCCCCCCc1nc(CO)c(CO)[nH]1. The fraction of sp³-hybridized carbons (Fsp3) is 0.800. The summed E-state index contributed by atoms with van der Waals surface area (Å²) < 4.78 is 0. The van der Waals surface area contributed by atoms with Gasteiger partial charge in [0, 0.05) is 6.42 Å². The van der Waals surface area contributed by atoms with Crippen LogP contribution in [0.15, 0.2) is 0 Å². The van der Waals surface area contributed by atoms with E-state index in [1.54, 1.807) is 0 Å². The molecule has 4 heteroatoms. The molecule has 0 radical (unpaired) electrons. The van der Waals surface area contributed by atoms with E-state index >= 15 is 0 Å². The van der Waals surface area contributed by atoms with Crippen molar-refractivity contribution in [3.05, 3.63) is 17.2 Å². The molecule has 0 aliphatic heterocycles. The molecule has 1 rings (SSSR count). The van der Waals surface area contributed by atoms with Crippen molar-refractivity contribution in [2.24, 2.45) is 0 Å². The number of hydrogen-bond acceptors (Lipinski definition) is 3. The second-order valence-corrected chi connectivity index (χ2v) is 5.15. The molecule has 0 amide bonds. The van der Waals surface area contributed by atoms with Gasteiger partial charge in [0.1, 0.15) is 5.82 Å². The van der Waals surface area contributed by atoms with Crippen molar-refractivity contribution < 1.29 is 10.2 Å². The summed E-state index contributed by atoms with van der Waals surface area (Å²) in [7, 11) is 0. The lowest BCUT2D eigenvalue weighted by molar-refractivity contribution is 0.255. The predicted octanol–water partition coefficient (Wildman–Crippen LogP) is 3.08. The van der Waals surface area contributed by atoms with E-state index in [0.29, 0.717) is 11.4 Å². The van der Waals surface area contributed by atoms with Crippen molar-refractivity contribution in [1.82, 2.24) is 9.97 Å². The van der Waals surface area contributed by atoms with Crippen molar-refractivity contribution in [2.75, 3.05) is 0 Å². The molecule has 1 heterocycles. The minimum absolute atomic E-state index is 0.0830. The van der Waals surface area contributed by atoms with E-state index < -0.39 is 0 Å². The van der Waals surface area contributed by atoms with Crippen molar-refractivity contribution in [3.8, 4) is 0 Å². The Bertz CT molecular complexity index is 315. The van der Waals surface area contributed by atoms with E-state index in [2.05, 4.69) is 16.9 Å². The highest BCUT2D eigenvalue weighted by molar-refractivity contribution is 5.13. The van der Waals surface area contributed by atoms with Crippen molar-refractivity contribution in [3.63, 3.8) is 0 Å². The first kappa shape index (κ1) is 16.2. The molecule has 0 saturated carbocycles. The molecule has 0 unspecified atom stereocenters. The number of unbranched alkanes of at least 4 members (excludes halogenated alkanes) is 7. The summed E-state index contributed by atoms with van der Waals surface area (Å²) in [5.41, 5.74) is 1.23. The van der Waals surface area contributed by atoms with Crippen LogP contribution in [0.4, 0.5) is 0 Å². The summed E-state index contributed by atoms with van der Waals surface area (Å²) in [5.74, 6) is 0.888. The Morgan fingerprint density at radius 2 is 1.53 bits per heavy atom. The highest BCUT2D eigenvalue weighted by Crippen LogP contribution is 2.12. The molecule has 19 heavy (non-hydrogen) atoms. The van der Waals surface area contributed by atoms with Gasteiger partial charge < -0.3 is 15.2 Å². The zero-order valence-electron chi connectivity index (χ0n) is 12.1. The summed E-state index contributed by atoms with van der Waals surface area (Å²) >= 11 is 0. The number of imidazole rings is 1. The van der Waals surface area contributed by atoms with E-state index in [1.807, 2.05) is 0 Å². The Labute approximate surface area is 116 Å². The smallest absolute Gasteiger partial charge is 0.106 e. The number of H-pyrrole nitrogens is 1. The first-order valence-electron chi connectivity index (χ1n) is 7.60. The molecule has 0 fully saturated rings. The van der Waals surface area contributed by atoms with E-state index in [4.69, 9.17) is 10.2 Å². The van der Waals surface area contributed by atoms with Crippen LogP contribution >= 0.6 is 0 Å². The van der Waals surface area contributed by atoms with E-state index in [1.165, 1.54) is 44.9 Å². The van der Waals surface area contributed by atoms with Gasteiger partial charge in [0.2, 0.25) is 0 Å². The van der Waals surface area contributed by atoms with E-state index in [9.17, 15) is 0 Å². The summed E-state index contributed by atoms with van der Waals surface area (Å²) in [6.07, 6.45) is 11.3. The van der Waals surface area contributed by atoms with Crippen LogP contribution in [0.1, 0.15) is 75.5 Å². The van der Waals surface area contributed by atoms with Crippen molar-refractivity contribution >= 4 is 0 Å². The number of aromatic nitrogens is 2. The monoisotopic (exact) mass is 268 g/mol. The molecule has 0 aromatic carbocycles. The molecule has 0 saturated heterocycles. The summed E-state index contributed by atoms with van der Waals surface area (Å²) in [6, 6.07) is 0. The third-order valence-corrected chi connectivity index (χ3v) is 3.49. The van der Waals surface area contributed by atoms with Gasteiger partial charge in [-0.2, -0.15) is 0 Å². The van der Waals surface area contributed by atoms with E-state index in [0.717, 1.165) is 18.7 Å². The minimum atomic E-state index is -0.107. The van der Waals surface area contributed by atoms with Gasteiger partial charge in [-0.3, -0.25) is 0 Å². The Morgan fingerprint density at radius 3 is 2.05 bits per heavy atom. The zero-order valence-corrected chi connectivity index (χ0v) is 12.1. The van der Waals surface area contributed by atoms with Gasteiger partial charge in [-0.05, 0) is 6.42 Å².